The van der Waals surface area contributed by atoms with E-state index in [-0.39, 0.29) is 6.04 Å². The van der Waals surface area contributed by atoms with Gasteiger partial charge in [0.2, 0.25) is 0 Å². The molecule has 0 radical (unpaired) electrons. The fourth-order valence-electron chi connectivity index (χ4n) is 4.67. The van der Waals surface area contributed by atoms with Gasteiger partial charge in [0.25, 0.3) is 0 Å². The molecule has 0 heterocycles. The maximum Gasteiger partial charge on any atom is 0.128 e. The summed E-state index contributed by atoms with van der Waals surface area (Å²) in [6.07, 6.45) is 3.43. The number of aromatic hydroxyl groups is 1. The van der Waals surface area contributed by atoms with Gasteiger partial charge in [-0.2, -0.15) is 0 Å². The van der Waals surface area contributed by atoms with Crippen LogP contribution in [0, 0.1) is 0 Å². The van der Waals surface area contributed by atoms with Crippen molar-refractivity contribution in [3.05, 3.63) is 135 Å². The number of aliphatic imine (C=N–C) groups is 1. The second-order valence-corrected chi connectivity index (χ2v) is 9.43. The molecule has 3 heteroatoms. The number of hydrogen-bond donors (Lipinski definition) is 1. The lowest BCUT2D eigenvalue weighted by molar-refractivity contribution is 0.465. The van der Waals surface area contributed by atoms with E-state index in [0.29, 0.717) is 10.8 Å². The van der Waals surface area contributed by atoms with Crippen molar-refractivity contribution in [2.24, 2.45) is 4.99 Å². The molecule has 0 aliphatic heterocycles. The molecule has 34 heavy (non-hydrogen) atoms. The van der Waals surface area contributed by atoms with Gasteiger partial charge in [-0.3, -0.25) is 4.99 Å². The standard InChI is InChI=1S/C31H28ClNO/c1-21(24-17-19-28(32)20-18-24)33-30(26-5-3-2-4-6-26)29-25-13-11-22-7-9-23(10-8-22)12-14-27(16-15-25)31(29)34/h2-10,15-21,34H,11-14H2,1H3/t21-/m0/s1. The average molecular weight is 466 g/mol. The molecule has 8 rings (SSSR count). The molecule has 4 aliphatic rings. The van der Waals surface area contributed by atoms with Crippen LogP contribution in [-0.4, -0.2) is 10.8 Å². The van der Waals surface area contributed by atoms with E-state index in [2.05, 4.69) is 55.5 Å². The van der Waals surface area contributed by atoms with Crippen LogP contribution >= 0.6 is 11.6 Å². The number of benzene rings is 4. The summed E-state index contributed by atoms with van der Waals surface area (Å²) in [5, 5.41) is 12.3. The SMILES string of the molecule is C[C@H](N=C(c1ccccc1)c1c2ccc(c1O)CCc1ccc(cc1)CC2)c1ccc(Cl)cc1. The highest BCUT2D eigenvalue weighted by Crippen LogP contribution is 2.33. The van der Waals surface area contributed by atoms with Gasteiger partial charge in [0.15, 0.2) is 0 Å². The molecule has 170 valence electrons. The van der Waals surface area contributed by atoms with Gasteiger partial charge in [-0.1, -0.05) is 90.5 Å². The minimum Gasteiger partial charge on any atom is -0.507 e. The molecule has 0 spiro atoms. The van der Waals surface area contributed by atoms with Crippen LogP contribution in [0.1, 0.15) is 51.9 Å². The van der Waals surface area contributed by atoms with Crippen LogP contribution in [0.15, 0.2) is 96.0 Å². The van der Waals surface area contributed by atoms with E-state index in [1.807, 2.05) is 42.5 Å². The largest absolute Gasteiger partial charge is 0.507 e. The Hall–Kier alpha value is -3.36. The van der Waals surface area contributed by atoms with Crippen LogP contribution in [0.4, 0.5) is 0 Å². The molecule has 4 aromatic rings. The summed E-state index contributed by atoms with van der Waals surface area (Å²) in [4.78, 5) is 5.20. The number of phenolic OH excluding ortho intramolecular Hbond substituents is 1. The zero-order valence-corrected chi connectivity index (χ0v) is 20.1. The van der Waals surface area contributed by atoms with Crippen molar-refractivity contribution in [1.29, 1.82) is 0 Å². The Balaban J connectivity index is 1.66. The maximum atomic E-state index is 11.6. The smallest absolute Gasteiger partial charge is 0.128 e. The van der Waals surface area contributed by atoms with Crippen LogP contribution in [0.3, 0.4) is 0 Å². The molecule has 2 nitrogen and oxygen atoms in total. The molecular weight excluding hydrogens is 438 g/mol. The van der Waals surface area contributed by atoms with Gasteiger partial charge >= 0.3 is 0 Å². The molecule has 0 unspecified atom stereocenters. The van der Waals surface area contributed by atoms with E-state index in [1.165, 1.54) is 11.1 Å². The summed E-state index contributed by atoms with van der Waals surface area (Å²) in [5.74, 6) is 0.360. The Morgan fingerprint density at radius 2 is 1.32 bits per heavy atom. The normalized spacial score (nSPS) is 14.5. The maximum absolute atomic E-state index is 11.6. The number of phenols is 1. The first-order chi connectivity index (χ1) is 16.6. The third kappa shape index (κ3) is 4.78. The van der Waals surface area contributed by atoms with Crippen LogP contribution < -0.4 is 0 Å². The van der Waals surface area contributed by atoms with E-state index in [4.69, 9.17) is 16.6 Å². The zero-order chi connectivity index (χ0) is 23.5. The zero-order valence-electron chi connectivity index (χ0n) is 19.3. The van der Waals surface area contributed by atoms with Gasteiger partial charge in [0.1, 0.15) is 5.75 Å². The van der Waals surface area contributed by atoms with Crippen LogP contribution in [0.25, 0.3) is 0 Å². The average Bonchev–Trinajstić information content (AvgIpc) is 2.86. The molecule has 0 saturated carbocycles. The summed E-state index contributed by atoms with van der Waals surface area (Å²) < 4.78 is 0. The topological polar surface area (TPSA) is 32.6 Å². The van der Waals surface area contributed by atoms with Crippen LogP contribution in [0.2, 0.25) is 5.02 Å². The first-order valence-corrected chi connectivity index (χ1v) is 12.3. The summed E-state index contributed by atoms with van der Waals surface area (Å²) >= 11 is 6.11. The van der Waals surface area contributed by atoms with E-state index in [1.54, 1.807) is 0 Å². The lowest BCUT2D eigenvalue weighted by Crippen LogP contribution is -2.12. The van der Waals surface area contributed by atoms with Crippen molar-refractivity contribution in [2.75, 3.05) is 0 Å². The van der Waals surface area contributed by atoms with E-state index >= 15 is 0 Å². The fraction of sp³-hybridized carbons (Fsp3) is 0.194. The van der Waals surface area contributed by atoms with Gasteiger partial charge in [0.05, 0.1) is 11.8 Å². The Bertz CT molecular complexity index is 1310. The predicted octanol–water partition coefficient (Wildman–Crippen LogP) is 7.53. The van der Waals surface area contributed by atoms with Crippen molar-refractivity contribution in [2.45, 2.75) is 38.6 Å². The van der Waals surface area contributed by atoms with Crippen molar-refractivity contribution >= 4 is 17.3 Å². The second kappa shape index (κ2) is 9.87. The van der Waals surface area contributed by atoms with Gasteiger partial charge in [0, 0.05) is 16.1 Å². The van der Waals surface area contributed by atoms with Gasteiger partial charge < -0.3 is 5.11 Å². The van der Waals surface area contributed by atoms with E-state index < -0.39 is 0 Å². The van der Waals surface area contributed by atoms with Gasteiger partial charge in [-0.05, 0) is 72.6 Å². The molecule has 0 amide bonds. The highest BCUT2D eigenvalue weighted by Gasteiger charge is 2.21. The Morgan fingerprint density at radius 3 is 1.97 bits per heavy atom. The monoisotopic (exact) mass is 465 g/mol. The van der Waals surface area contributed by atoms with Crippen molar-refractivity contribution in [3.63, 3.8) is 0 Å². The number of hydrogen-bond acceptors (Lipinski definition) is 2. The Labute approximate surface area is 206 Å². The third-order valence-electron chi connectivity index (χ3n) is 6.70. The van der Waals surface area contributed by atoms with E-state index in [9.17, 15) is 5.11 Å². The van der Waals surface area contributed by atoms with E-state index in [0.717, 1.165) is 59.2 Å². The number of aryl methyl sites for hydroxylation is 4. The molecule has 0 fully saturated rings. The molecule has 4 aliphatic carbocycles. The lowest BCUT2D eigenvalue weighted by Gasteiger charge is -2.20. The lowest BCUT2D eigenvalue weighted by atomic mass is 9.88. The Kier molecular flexibility index (Phi) is 6.51. The molecule has 4 aromatic carbocycles. The minimum absolute atomic E-state index is 0.0888. The van der Waals surface area contributed by atoms with Gasteiger partial charge in [-0.25, -0.2) is 0 Å². The first kappa shape index (κ1) is 22.4. The Morgan fingerprint density at radius 1 is 0.735 bits per heavy atom. The molecule has 0 aromatic heterocycles. The van der Waals surface area contributed by atoms with Crippen LogP contribution in [-0.2, 0) is 25.7 Å². The fourth-order valence-corrected chi connectivity index (χ4v) is 4.80. The van der Waals surface area contributed by atoms with Crippen molar-refractivity contribution < 1.29 is 5.11 Å². The summed E-state index contributed by atoms with van der Waals surface area (Å²) in [5.41, 5.74) is 8.48. The minimum atomic E-state index is -0.0888. The van der Waals surface area contributed by atoms with Crippen LogP contribution in [0.5, 0.6) is 5.75 Å². The summed E-state index contributed by atoms with van der Waals surface area (Å²) in [6.45, 7) is 2.09. The quantitative estimate of drug-likeness (QED) is 0.310. The highest BCUT2D eigenvalue weighted by molar-refractivity contribution is 6.30. The van der Waals surface area contributed by atoms with Gasteiger partial charge in [-0.15, -0.1) is 0 Å². The van der Waals surface area contributed by atoms with Crippen molar-refractivity contribution in [3.8, 4) is 5.75 Å². The first-order valence-electron chi connectivity index (χ1n) is 11.9. The molecule has 0 saturated heterocycles. The highest BCUT2D eigenvalue weighted by atomic mass is 35.5. The van der Waals surface area contributed by atoms with Crippen molar-refractivity contribution in [1.82, 2.24) is 0 Å². The predicted molar refractivity (Wildman–Crippen MR) is 141 cm³/mol. The second-order valence-electron chi connectivity index (χ2n) is 9.00. The summed E-state index contributed by atoms with van der Waals surface area (Å²) in [6, 6.07) is 31.1. The molecule has 4 bridgehead atoms. The number of nitrogens with zero attached hydrogens (tertiary/aromatic N) is 1. The number of halogens is 1. The molecule has 1 atom stereocenters. The molecule has 1 N–H and O–H groups in total. The number of rotatable bonds is 4. The molecular formula is C31H28ClNO. The third-order valence-corrected chi connectivity index (χ3v) is 6.95. The summed E-state index contributed by atoms with van der Waals surface area (Å²) in [7, 11) is 0.